The van der Waals surface area contributed by atoms with E-state index in [1.807, 2.05) is 0 Å². The van der Waals surface area contributed by atoms with Gasteiger partial charge in [-0.05, 0) is 18.2 Å². The molecule has 0 aliphatic rings. The molecule has 0 heterocycles. The molecule has 0 radical (unpaired) electrons. The summed E-state index contributed by atoms with van der Waals surface area (Å²) in [7, 11) is 0. The Morgan fingerprint density at radius 2 is 2.23 bits per heavy atom. The number of nitrogens with one attached hydrogen (secondary N) is 1. The van der Waals surface area contributed by atoms with Crippen molar-refractivity contribution in [2.75, 3.05) is 5.43 Å². The highest BCUT2D eigenvalue weighted by atomic mass is 19.1. The van der Waals surface area contributed by atoms with Crippen LogP contribution < -0.4 is 11.3 Å². The maximum absolute atomic E-state index is 13.0. The molecule has 1 aromatic rings. The van der Waals surface area contributed by atoms with E-state index in [-0.39, 0.29) is 5.69 Å². The molecule has 0 aromatic heterocycles. The minimum Gasteiger partial charge on any atom is -0.321 e. The summed E-state index contributed by atoms with van der Waals surface area (Å²) in [5.41, 5.74) is 2.83. The number of nitriles is 1. The minimum atomic E-state index is -0.493. The summed E-state index contributed by atoms with van der Waals surface area (Å²) in [6, 6.07) is 5.88. The molecule has 0 spiro atoms. The summed E-state index contributed by atoms with van der Waals surface area (Å²) in [5, 5.41) is 8.15. The number of hydrogen-bond donors (Lipinski definition) is 2. The maximum Gasteiger partial charge on any atom is 0.152 e. The van der Waals surface area contributed by atoms with Crippen molar-refractivity contribution >= 4 is 5.69 Å². The van der Waals surface area contributed by atoms with Gasteiger partial charge in [0.25, 0.3) is 0 Å². The van der Waals surface area contributed by atoms with Gasteiger partial charge in [-0.2, -0.15) is 5.26 Å². The van der Waals surface area contributed by atoms with Crippen molar-refractivity contribution in [1.82, 2.24) is 0 Å². The van der Waals surface area contributed by atoms with Crippen LogP contribution in [0.4, 0.5) is 10.1 Å². The molecule has 4 heteroatoms. The highest BCUT2D eigenvalue weighted by Crippen LogP contribution is 2.13. The quantitative estimate of drug-likeness (QED) is 0.380. The van der Waals surface area contributed by atoms with Crippen LogP contribution in [0.3, 0.4) is 0 Å². The first-order valence-electron chi connectivity index (χ1n) is 3.44. The number of rotatable bonds is 1. The van der Waals surface area contributed by atoms with Crippen molar-refractivity contribution in [1.29, 1.82) is 5.26 Å². The van der Waals surface area contributed by atoms with Gasteiger partial charge in [0, 0.05) is 11.5 Å². The van der Waals surface area contributed by atoms with Crippen LogP contribution in [0, 0.1) is 29.0 Å². The summed E-state index contributed by atoms with van der Waals surface area (Å²) < 4.78 is 13.0. The minimum absolute atomic E-state index is 0.197. The van der Waals surface area contributed by atoms with Crippen LogP contribution in [0.25, 0.3) is 0 Å². The van der Waals surface area contributed by atoms with E-state index in [9.17, 15) is 4.39 Å². The molecular formula is C9H6FN3. The molecule has 1 rings (SSSR count). The summed E-state index contributed by atoms with van der Waals surface area (Å²) in [5.74, 6) is 9.16. The Bertz CT molecular complexity index is 409. The van der Waals surface area contributed by atoms with E-state index >= 15 is 0 Å². The standard InChI is InChI=1S/C9H6FN3/c10-8-6-7(2-1-5-11)3-4-9(8)13-12/h3-4,6,13H,12H2. The van der Waals surface area contributed by atoms with Crippen molar-refractivity contribution in [3.63, 3.8) is 0 Å². The number of hydrazine groups is 1. The first-order chi connectivity index (χ1) is 6.27. The lowest BCUT2D eigenvalue weighted by Gasteiger charge is -2.00. The molecule has 0 unspecified atom stereocenters. The van der Waals surface area contributed by atoms with Crippen LogP contribution in [0.15, 0.2) is 18.2 Å². The SMILES string of the molecule is N#CC#Cc1ccc(NN)c(F)c1. The van der Waals surface area contributed by atoms with Crippen LogP contribution in [0.1, 0.15) is 5.56 Å². The molecule has 0 saturated heterocycles. The lowest BCUT2D eigenvalue weighted by molar-refractivity contribution is 0.630. The van der Waals surface area contributed by atoms with E-state index in [0.717, 1.165) is 0 Å². The van der Waals surface area contributed by atoms with Gasteiger partial charge in [-0.25, -0.2) is 4.39 Å². The van der Waals surface area contributed by atoms with E-state index < -0.39 is 5.82 Å². The van der Waals surface area contributed by atoms with Gasteiger partial charge < -0.3 is 5.43 Å². The number of halogens is 1. The summed E-state index contributed by atoms with van der Waals surface area (Å²) in [6.07, 6.45) is 0. The topological polar surface area (TPSA) is 61.8 Å². The van der Waals surface area contributed by atoms with Crippen molar-refractivity contribution in [3.05, 3.63) is 29.6 Å². The average molecular weight is 175 g/mol. The Morgan fingerprint density at radius 3 is 2.77 bits per heavy atom. The lowest BCUT2D eigenvalue weighted by Crippen LogP contribution is -2.08. The summed E-state index contributed by atoms with van der Waals surface area (Å²) in [6.45, 7) is 0. The predicted octanol–water partition coefficient (Wildman–Crippen LogP) is 0.986. The van der Waals surface area contributed by atoms with Gasteiger partial charge in [0.2, 0.25) is 0 Å². The number of benzene rings is 1. The highest BCUT2D eigenvalue weighted by Gasteiger charge is 1.99. The third-order valence-corrected chi connectivity index (χ3v) is 1.39. The number of hydrogen-bond acceptors (Lipinski definition) is 3. The van der Waals surface area contributed by atoms with Crippen molar-refractivity contribution in [2.24, 2.45) is 5.84 Å². The van der Waals surface area contributed by atoms with E-state index in [0.29, 0.717) is 5.56 Å². The van der Waals surface area contributed by atoms with Gasteiger partial charge in [-0.3, -0.25) is 5.84 Å². The van der Waals surface area contributed by atoms with Crippen LogP contribution in [0.5, 0.6) is 0 Å². The second kappa shape index (κ2) is 4.10. The largest absolute Gasteiger partial charge is 0.321 e. The summed E-state index contributed by atoms with van der Waals surface area (Å²) >= 11 is 0. The monoisotopic (exact) mass is 175 g/mol. The van der Waals surface area contributed by atoms with Crippen LogP contribution >= 0.6 is 0 Å². The molecule has 3 N–H and O–H groups in total. The second-order valence-electron chi connectivity index (χ2n) is 2.20. The molecule has 64 valence electrons. The van der Waals surface area contributed by atoms with E-state index in [1.54, 1.807) is 12.1 Å². The Morgan fingerprint density at radius 1 is 1.46 bits per heavy atom. The Labute approximate surface area is 74.9 Å². The van der Waals surface area contributed by atoms with Crippen LogP contribution in [-0.4, -0.2) is 0 Å². The van der Waals surface area contributed by atoms with Gasteiger partial charge in [0.1, 0.15) is 5.82 Å². The van der Waals surface area contributed by atoms with E-state index in [1.165, 1.54) is 12.1 Å². The van der Waals surface area contributed by atoms with Crippen molar-refractivity contribution < 1.29 is 4.39 Å². The molecule has 0 bridgehead atoms. The molecule has 3 nitrogen and oxygen atoms in total. The molecule has 0 saturated carbocycles. The normalized spacial score (nSPS) is 8.08. The molecule has 0 atom stereocenters. The molecule has 0 aliphatic carbocycles. The summed E-state index contributed by atoms with van der Waals surface area (Å²) in [4.78, 5) is 0. The Balaban J connectivity index is 3.04. The fraction of sp³-hybridized carbons (Fsp3) is 0. The van der Waals surface area contributed by atoms with Crippen LogP contribution in [-0.2, 0) is 0 Å². The fourth-order valence-corrected chi connectivity index (χ4v) is 0.810. The zero-order chi connectivity index (χ0) is 9.68. The number of anilines is 1. The zero-order valence-electron chi connectivity index (χ0n) is 6.63. The molecule has 0 amide bonds. The molecule has 1 aromatic carbocycles. The van der Waals surface area contributed by atoms with Crippen molar-refractivity contribution in [2.45, 2.75) is 0 Å². The number of nitrogens with two attached hydrogens (primary N) is 1. The van der Waals surface area contributed by atoms with Gasteiger partial charge >= 0.3 is 0 Å². The lowest BCUT2D eigenvalue weighted by atomic mass is 10.2. The molecular weight excluding hydrogens is 169 g/mol. The van der Waals surface area contributed by atoms with Gasteiger partial charge in [0.05, 0.1) is 5.69 Å². The Hall–Kier alpha value is -2.04. The third-order valence-electron chi connectivity index (χ3n) is 1.39. The number of nitrogen functional groups attached to an aromatic ring is 1. The first-order valence-corrected chi connectivity index (χ1v) is 3.44. The second-order valence-corrected chi connectivity index (χ2v) is 2.20. The smallest absolute Gasteiger partial charge is 0.152 e. The van der Waals surface area contributed by atoms with E-state index in [2.05, 4.69) is 17.3 Å². The van der Waals surface area contributed by atoms with Gasteiger partial charge in [-0.1, -0.05) is 5.92 Å². The first kappa shape index (κ1) is 9.05. The average Bonchev–Trinajstić information content (AvgIpc) is 2.15. The highest BCUT2D eigenvalue weighted by molar-refractivity contribution is 5.49. The van der Waals surface area contributed by atoms with Gasteiger partial charge in [-0.15, -0.1) is 0 Å². The molecule has 0 fully saturated rings. The fourth-order valence-electron chi connectivity index (χ4n) is 0.810. The molecule has 0 aliphatic heterocycles. The van der Waals surface area contributed by atoms with E-state index in [4.69, 9.17) is 11.1 Å². The van der Waals surface area contributed by atoms with Crippen molar-refractivity contribution in [3.8, 4) is 17.9 Å². The van der Waals surface area contributed by atoms with Gasteiger partial charge in [0.15, 0.2) is 6.07 Å². The zero-order valence-corrected chi connectivity index (χ0v) is 6.63. The predicted molar refractivity (Wildman–Crippen MR) is 46.7 cm³/mol. The molecule has 13 heavy (non-hydrogen) atoms. The van der Waals surface area contributed by atoms with Crippen LogP contribution in [0.2, 0.25) is 0 Å². The number of nitrogens with zero attached hydrogens (tertiary/aromatic N) is 1. The third kappa shape index (κ3) is 2.19. The maximum atomic E-state index is 13.0. The Kier molecular flexibility index (Phi) is 2.86.